The van der Waals surface area contributed by atoms with Crippen LogP contribution in [0.5, 0.6) is 0 Å². The molecule has 4 heteroatoms. The number of benzene rings is 2. The summed E-state index contributed by atoms with van der Waals surface area (Å²) in [4.78, 5) is 0. The van der Waals surface area contributed by atoms with Crippen LogP contribution in [0.3, 0.4) is 0 Å². The molecule has 0 saturated heterocycles. The Morgan fingerprint density at radius 2 is 1.59 bits per heavy atom. The van der Waals surface area contributed by atoms with Crippen molar-refractivity contribution in [2.45, 2.75) is 6.92 Å². The van der Waals surface area contributed by atoms with E-state index in [9.17, 15) is 0 Å². The summed E-state index contributed by atoms with van der Waals surface area (Å²) < 4.78 is 1.21. The van der Waals surface area contributed by atoms with Gasteiger partial charge in [0, 0.05) is 14.2 Å². The number of aryl methyl sites for hydroxylation is 1. The maximum Gasteiger partial charge on any atom is 0.0685 e. The standard InChI is InChI=1S/C13H8Cl3I/c1-7-6-8(2-5-11(7)17)12-9(14)3-4-10(15)13(12)16/h2-6H,1H3. The van der Waals surface area contributed by atoms with Gasteiger partial charge in [0.25, 0.3) is 0 Å². The molecule has 2 aromatic carbocycles. The molecule has 0 aliphatic heterocycles. The Morgan fingerprint density at radius 1 is 0.941 bits per heavy atom. The molecule has 0 spiro atoms. The van der Waals surface area contributed by atoms with Gasteiger partial charge < -0.3 is 0 Å². The van der Waals surface area contributed by atoms with E-state index in [1.807, 2.05) is 12.1 Å². The van der Waals surface area contributed by atoms with E-state index in [-0.39, 0.29) is 0 Å². The fourth-order valence-corrected chi connectivity index (χ4v) is 2.67. The average molecular weight is 397 g/mol. The molecular weight excluding hydrogens is 389 g/mol. The summed E-state index contributed by atoms with van der Waals surface area (Å²) in [6, 6.07) is 9.57. The van der Waals surface area contributed by atoms with Crippen molar-refractivity contribution >= 4 is 57.4 Å². The Bertz CT molecular complexity index is 579. The quantitative estimate of drug-likeness (QED) is 0.395. The van der Waals surface area contributed by atoms with Gasteiger partial charge in [-0.25, -0.2) is 0 Å². The van der Waals surface area contributed by atoms with Crippen LogP contribution in [0.2, 0.25) is 15.1 Å². The molecule has 0 unspecified atom stereocenters. The highest BCUT2D eigenvalue weighted by atomic mass is 127. The van der Waals surface area contributed by atoms with E-state index in [0.717, 1.165) is 11.1 Å². The molecule has 0 bridgehead atoms. The minimum atomic E-state index is 0.500. The smallest absolute Gasteiger partial charge is 0.0685 e. The largest absolute Gasteiger partial charge is 0.0836 e. The molecule has 2 rings (SSSR count). The highest BCUT2D eigenvalue weighted by Gasteiger charge is 2.12. The highest BCUT2D eigenvalue weighted by Crippen LogP contribution is 2.39. The van der Waals surface area contributed by atoms with Crippen LogP contribution in [0.25, 0.3) is 11.1 Å². The number of hydrogen-bond donors (Lipinski definition) is 0. The van der Waals surface area contributed by atoms with Crippen LogP contribution in [0, 0.1) is 10.5 Å². The van der Waals surface area contributed by atoms with Crippen molar-refractivity contribution in [3.63, 3.8) is 0 Å². The lowest BCUT2D eigenvalue weighted by atomic mass is 10.0. The predicted octanol–water partition coefficient (Wildman–Crippen LogP) is 6.23. The lowest BCUT2D eigenvalue weighted by molar-refractivity contribution is 1.42. The normalized spacial score (nSPS) is 10.6. The molecular formula is C13H8Cl3I. The molecule has 0 radical (unpaired) electrons. The Hall–Kier alpha value is 0.0400. The minimum absolute atomic E-state index is 0.500. The third kappa shape index (κ3) is 2.73. The third-order valence-electron chi connectivity index (χ3n) is 2.49. The van der Waals surface area contributed by atoms with Gasteiger partial charge in [-0.2, -0.15) is 0 Å². The summed E-state index contributed by atoms with van der Waals surface area (Å²) in [6.45, 7) is 2.05. The molecule has 0 fully saturated rings. The monoisotopic (exact) mass is 396 g/mol. The molecule has 88 valence electrons. The van der Waals surface area contributed by atoms with Crippen LogP contribution in [0.4, 0.5) is 0 Å². The molecule has 17 heavy (non-hydrogen) atoms. The highest BCUT2D eigenvalue weighted by molar-refractivity contribution is 14.1. The molecule has 0 saturated carbocycles. The van der Waals surface area contributed by atoms with Gasteiger partial charge in [0.2, 0.25) is 0 Å². The lowest BCUT2D eigenvalue weighted by Crippen LogP contribution is -1.86. The molecule has 0 aliphatic rings. The van der Waals surface area contributed by atoms with E-state index in [0.29, 0.717) is 15.1 Å². The number of halogens is 4. The maximum atomic E-state index is 6.21. The molecule has 0 atom stereocenters. The van der Waals surface area contributed by atoms with Gasteiger partial charge in [-0.15, -0.1) is 0 Å². The van der Waals surface area contributed by atoms with E-state index in [4.69, 9.17) is 34.8 Å². The Morgan fingerprint density at radius 3 is 2.24 bits per heavy atom. The van der Waals surface area contributed by atoms with E-state index < -0.39 is 0 Å². The van der Waals surface area contributed by atoms with Crippen molar-refractivity contribution in [2.24, 2.45) is 0 Å². The van der Waals surface area contributed by atoms with E-state index in [1.54, 1.807) is 12.1 Å². The van der Waals surface area contributed by atoms with E-state index >= 15 is 0 Å². The van der Waals surface area contributed by atoms with Crippen molar-refractivity contribution in [1.82, 2.24) is 0 Å². The Kier molecular flexibility index (Phi) is 4.24. The minimum Gasteiger partial charge on any atom is -0.0836 e. The SMILES string of the molecule is Cc1cc(-c2c(Cl)ccc(Cl)c2Cl)ccc1I. The first-order chi connectivity index (χ1) is 8.00. The zero-order chi connectivity index (χ0) is 12.6. The molecule has 2 aromatic rings. The van der Waals surface area contributed by atoms with Crippen LogP contribution >= 0.6 is 57.4 Å². The fraction of sp³-hybridized carbons (Fsp3) is 0.0769. The second kappa shape index (κ2) is 5.35. The fourth-order valence-electron chi connectivity index (χ4n) is 1.59. The first-order valence-corrected chi connectivity index (χ1v) is 7.12. The van der Waals surface area contributed by atoms with Crippen LogP contribution in [-0.4, -0.2) is 0 Å². The molecule has 0 aromatic heterocycles. The summed E-state index contributed by atoms with van der Waals surface area (Å²) in [6.07, 6.45) is 0. The molecule has 0 aliphatic carbocycles. The molecule has 0 N–H and O–H groups in total. The van der Waals surface area contributed by atoms with E-state index in [1.165, 1.54) is 9.13 Å². The molecule has 0 nitrogen and oxygen atoms in total. The second-order valence-corrected chi connectivity index (χ2v) is 6.04. The van der Waals surface area contributed by atoms with Crippen LogP contribution in [0.15, 0.2) is 30.3 Å². The maximum absolute atomic E-state index is 6.21. The van der Waals surface area contributed by atoms with Crippen LogP contribution < -0.4 is 0 Å². The topological polar surface area (TPSA) is 0 Å². The van der Waals surface area contributed by atoms with Crippen LogP contribution in [0.1, 0.15) is 5.56 Å². The van der Waals surface area contributed by atoms with Gasteiger partial charge in [0.1, 0.15) is 0 Å². The van der Waals surface area contributed by atoms with Crippen molar-refractivity contribution < 1.29 is 0 Å². The summed E-state index contributed by atoms with van der Waals surface area (Å²) >= 11 is 20.7. The van der Waals surface area contributed by atoms with Crippen molar-refractivity contribution in [3.8, 4) is 11.1 Å². The number of hydrogen-bond acceptors (Lipinski definition) is 0. The van der Waals surface area contributed by atoms with Crippen LogP contribution in [-0.2, 0) is 0 Å². The summed E-state index contributed by atoms with van der Waals surface area (Å²) in [5.41, 5.74) is 2.97. The summed E-state index contributed by atoms with van der Waals surface area (Å²) in [5.74, 6) is 0. The van der Waals surface area contributed by atoms with Gasteiger partial charge in [-0.3, -0.25) is 0 Å². The summed E-state index contributed by atoms with van der Waals surface area (Å²) in [5, 5.41) is 1.63. The molecule has 0 heterocycles. The average Bonchev–Trinajstić information content (AvgIpc) is 2.29. The first kappa shape index (κ1) is 13.5. The summed E-state index contributed by atoms with van der Waals surface area (Å²) in [7, 11) is 0. The van der Waals surface area contributed by atoms with Gasteiger partial charge in [0.15, 0.2) is 0 Å². The second-order valence-electron chi connectivity index (χ2n) is 3.68. The predicted molar refractivity (Wildman–Crippen MR) is 84.4 cm³/mol. The zero-order valence-electron chi connectivity index (χ0n) is 8.90. The van der Waals surface area contributed by atoms with Gasteiger partial charge >= 0.3 is 0 Å². The van der Waals surface area contributed by atoms with Gasteiger partial charge in [-0.05, 0) is 58.8 Å². The lowest BCUT2D eigenvalue weighted by Gasteiger charge is -2.10. The van der Waals surface area contributed by atoms with Crippen molar-refractivity contribution in [3.05, 3.63) is 54.5 Å². The Balaban J connectivity index is 2.68. The third-order valence-corrected chi connectivity index (χ3v) is 4.82. The molecule has 0 amide bonds. The first-order valence-electron chi connectivity index (χ1n) is 4.90. The Labute approximate surface area is 129 Å². The number of rotatable bonds is 1. The van der Waals surface area contributed by atoms with Crippen molar-refractivity contribution in [2.75, 3.05) is 0 Å². The van der Waals surface area contributed by atoms with E-state index in [2.05, 4.69) is 35.6 Å². The van der Waals surface area contributed by atoms with Gasteiger partial charge in [0.05, 0.1) is 10.0 Å². The van der Waals surface area contributed by atoms with Crippen molar-refractivity contribution in [1.29, 1.82) is 0 Å². The van der Waals surface area contributed by atoms with Gasteiger partial charge in [-0.1, -0.05) is 46.9 Å². The zero-order valence-corrected chi connectivity index (χ0v) is 13.3.